The largest absolute Gasteiger partial charge is 0.617 e. The molecule has 0 radical (unpaired) electrons. The number of carboxylic acid groups (broad SMARTS) is 1. The van der Waals surface area contributed by atoms with Crippen molar-refractivity contribution in [2.75, 3.05) is 18.6 Å². The Kier molecular flexibility index (Phi) is 6.03. The van der Waals surface area contributed by atoms with Crippen molar-refractivity contribution < 1.29 is 24.0 Å². The molecule has 0 aromatic heterocycles. The standard InChI is InChI=1S/C20H21NO5S/c1-27(25)11-10-18(19(22)23)21-20(24)26-12-17-15-8-4-2-6-13(15)14-7-3-5-9-16(14)17/h2-9,17-18H,10-12H2,1H3,(H,21,24)(H,22,23)/t18-,27?/m0/s1. The molecule has 3 rings (SSSR count). The first-order valence-corrected chi connectivity index (χ1v) is 10.3. The predicted octanol–water partition coefficient (Wildman–Crippen LogP) is 2.75. The normalized spacial score (nSPS) is 14.7. The molecule has 1 amide bonds. The van der Waals surface area contributed by atoms with Crippen LogP contribution in [0.5, 0.6) is 0 Å². The Labute approximate surface area is 160 Å². The van der Waals surface area contributed by atoms with Gasteiger partial charge in [-0.25, -0.2) is 9.59 Å². The highest BCUT2D eigenvalue weighted by molar-refractivity contribution is 7.90. The summed E-state index contributed by atoms with van der Waals surface area (Å²) in [6, 6.07) is 14.8. The third-order valence-electron chi connectivity index (χ3n) is 4.63. The summed E-state index contributed by atoms with van der Waals surface area (Å²) in [6.07, 6.45) is 0.792. The van der Waals surface area contributed by atoms with Gasteiger partial charge in [0.25, 0.3) is 0 Å². The second-order valence-electron chi connectivity index (χ2n) is 6.43. The SMILES string of the molecule is C[S+]([O-])CC[C@H](NC(=O)OCC1c2ccccc2-c2ccccc21)C(=O)O. The summed E-state index contributed by atoms with van der Waals surface area (Å²) < 4.78 is 16.5. The van der Waals surface area contributed by atoms with E-state index < -0.39 is 29.3 Å². The van der Waals surface area contributed by atoms with E-state index >= 15 is 0 Å². The van der Waals surface area contributed by atoms with Crippen molar-refractivity contribution in [2.24, 2.45) is 0 Å². The van der Waals surface area contributed by atoms with E-state index in [0.717, 1.165) is 22.3 Å². The van der Waals surface area contributed by atoms with Gasteiger partial charge in [-0.3, -0.25) is 0 Å². The number of nitrogens with one attached hydrogen (secondary N) is 1. The summed E-state index contributed by atoms with van der Waals surface area (Å²) in [4.78, 5) is 23.4. The van der Waals surface area contributed by atoms with Gasteiger partial charge in [0, 0.05) is 12.3 Å². The van der Waals surface area contributed by atoms with Gasteiger partial charge in [-0.2, -0.15) is 0 Å². The Morgan fingerprint density at radius 3 is 2.22 bits per heavy atom. The molecule has 142 valence electrons. The van der Waals surface area contributed by atoms with Gasteiger partial charge in [-0.05, 0) is 22.3 Å². The van der Waals surface area contributed by atoms with Gasteiger partial charge in [-0.1, -0.05) is 59.7 Å². The van der Waals surface area contributed by atoms with Crippen molar-refractivity contribution >= 4 is 23.2 Å². The third kappa shape index (κ3) is 4.43. The predicted molar refractivity (Wildman–Crippen MR) is 103 cm³/mol. The van der Waals surface area contributed by atoms with Crippen LogP contribution in [0.3, 0.4) is 0 Å². The minimum atomic E-state index is -1.17. The second-order valence-corrected chi connectivity index (χ2v) is 7.98. The zero-order valence-electron chi connectivity index (χ0n) is 14.9. The van der Waals surface area contributed by atoms with Crippen molar-refractivity contribution in [2.45, 2.75) is 18.4 Å². The molecule has 1 aliphatic rings. The highest BCUT2D eigenvalue weighted by atomic mass is 32.2. The Hall–Kier alpha value is -2.51. The highest BCUT2D eigenvalue weighted by Crippen LogP contribution is 2.44. The first-order valence-electron chi connectivity index (χ1n) is 8.61. The molecule has 1 unspecified atom stereocenters. The number of hydrogen-bond donors (Lipinski definition) is 2. The highest BCUT2D eigenvalue weighted by Gasteiger charge is 2.29. The van der Waals surface area contributed by atoms with Crippen molar-refractivity contribution in [1.29, 1.82) is 0 Å². The van der Waals surface area contributed by atoms with Crippen LogP contribution in [-0.4, -0.2) is 46.4 Å². The van der Waals surface area contributed by atoms with Gasteiger partial charge in [0.05, 0.1) is 6.26 Å². The van der Waals surface area contributed by atoms with E-state index in [1.54, 1.807) is 0 Å². The number of rotatable bonds is 7. The van der Waals surface area contributed by atoms with Crippen LogP contribution in [0.15, 0.2) is 48.5 Å². The van der Waals surface area contributed by atoms with Gasteiger partial charge in [0.2, 0.25) is 0 Å². The van der Waals surface area contributed by atoms with Gasteiger partial charge in [-0.15, -0.1) is 0 Å². The number of aliphatic carboxylic acids is 1. The molecule has 2 N–H and O–H groups in total. The van der Waals surface area contributed by atoms with Crippen LogP contribution in [-0.2, 0) is 20.7 Å². The summed E-state index contributed by atoms with van der Waals surface area (Å²) in [6.45, 7) is 0.117. The molecule has 2 atom stereocenters. The number of alkyl carbamates (subject to hydrolysis) is 1. The van der Waals surface area contributed by atoms with Crippen molar-refractivity contribution in [3.05, 3.63) is 59.7 Å². The van der Waals surface area contributed by atoms with Crippen LogP contribution >= 0.6 is 0 Å². The summed E-state index contributed by atoms with van der Waals surface area (Å²) in [7, 11) is 0. The molecule has 7 heteroatoms. The molecule has 0 fully saturated rings. The van der Waals surface area contributed by atoms with Crippen LogP contribution < -0.4 is 5.32 Å². The Balaban J connectivity index is 1.66. The molecule has 6 nitrogen and oxygen atoms in total. The third-order valence-corrected chi connectivity index (χ3v) is 5.44. The maximum atomic E-state index is 12.1. The molecule has 2 aromatic rings. The smallest absolute Gasteiger partial charge is 0.407 e. The molecule has 2 aromatic carbocycles. The summed E-state index contributed by atoms with van der Waals surface area (Å²) in [5, 5.41) is 11.6. The van der Waals surface area contributed by atoms with Crippen LogP contribution in [0.4, 0.5) is 4.79 Å². The maximum Gasteiger partial charge on any atom is 0.407 e. The average molecular weight is 387 g/mol. The first-order chi connectivity index (χ1) is 13.0. The first kappa shape index (κ1) is 19.3. The Bertz CT molecular complexity index is 793. The second kappa shape index (κ2) is 8.45. The van der Waals surface area contributed by atoms with E-state index in [2.05, 4.69) is 5.32 Å². The fourth-order valence-electron chi connectivity index (χ4n) is 3.32. The molecule has 0 saturated carbocycles. The number of hydrogen-bond acceptors (Lipinski definition) is 4. The molecule has 0 saturated heterocycles. The molecule has 0 bridgehead atoms. The lowest BCUT2D eigenvalue weighted by molar-refractivity contribution is -0.139. The number of carboxylic acids is 1. The monoisotopic (exact) mass is 387 g/mol. The number of amides is 1. The molecule has 0 spiro atoms. The quantitative estimate of drug-likeness (QED) is 0.712. The summed E-state index contributed by atoms with van der Waals surface area (Å²) in [5.41, 5.74) is 4.41. The minimum absolute atomic E-state index is 0.0860. The molecule has 27 heavy (non-hydrogen) atoms. The van der Waals surface area contributed by atoms with Gasteiger partial charge in [0.1, 0.15) is 18.4 Å². The number of carbonyl (C=O) groups is 2. The average Bonchev–Trinajstić information content (AvgIpc) is 2.97. The minimum Gasteiger partial charge on any atom is -0.617 e. The van der Waals surface area contributed by atoms with Crippen LogP contribution in [0.2, 0.25) is 0 Å². The lowest BCUT2D eigenvalue weighted by Crippen LogP contribution is -2.42. The van der Waals surface area contributed by atoms with Gasteiger partial charge < -0.3 is 19.7 Å². The fourth-order valence-corrected chi connectivity index (χ4v) is 3.89. The van der Waals surface area contributed by atoms with E-state index in [9.17, 15) is 19.2 Å². The number of fused-ring (bicyclic) bond motifs is 3. The van der Waals surface area contributed by atoms with Crippen molar-refractivity contribution in [3.8, 4) is 11.1 Å². The Morgan fingerprint density at radius 2 is 1.70 bits per heavy atom. The van der Waals surface area contributed by atoms with E-state index in [1.165, 1.54) is 6.26 Å². The van der Waals surface area contributed by atoms with Gasteiger partial charge in [0.15, 0.2) is 0 Å². The molecule has 0 aliphatic heterocycles. The van der Waals surface area contributed by atoms with Crippen LogP contribution in [0, 0.1) is 0 Å². The maximum absolute atomic E-state index is 12.1. The van der Waals surface area contributed by atoms with Crippen molar-refractivity contribution in [3.63, 3.8) is 0 Å². The van der Waals surface area contributed by atoms with E-state index in [-0.39, 0.29) is 24.7 Å². The number of ether oxygens (including phenoxy) is 1. The molecular formula is C20H21NO5S. The van der Waals surface area contributed by atoms with E-state index in [4.69, 9.17) is 4.74 Å². The fraction of sp³-hybridized carbons (Fsp3) is 0.300. The van der Waals surface area contributed by atoms with Crippen LogP contribution in [0.25, 0.3) is 11.1 Å². The lowest BCUT2D eigenvalue weighted by Gasteiger charge is -2.17. The molecule has 0 heterocycles. The molecule has 1 aliphatic carbocycles. The summed E-state index contributed by atoms with van der Waals surface area (Å²) >= 11 is -1.13. The molecular weight excluding hydrogens is 366 g/mol. The lowest BCUT2D eigenvalue weighted by atomic mass is 9.98. The van der Waals surface area contributed by atoms with Crippen LogP contribution in [0.1, 0.15) is 23.5 Å². The van der Waals surface area contributed by atoms with Crippen molar-refractivity contribution in [1.82, 2.24) is 5.32 Å². The summed E-state index contributed by atoms with van der Waals surface area (Å²) in [5.74, 6) is -1.07. The topological polar surface area (TPSA) is 98.7 Å². The number of benzene rings is 2. The Morgan fingerprint density at radius 1 is 1.15 bits per heavy atom. The van der Waals surface area contributed by atoms with E-state index in [0.29, 0.717) is 0 Å². The van der Waals surface area contributed by atoms with E-state index in [1.807, 2.05) is 48.5 Å². The number of carbonyl (C=O) groups excluding carboxylic acids is 1. The van der Waals surface area contributed by atoms with Gasteiger partial charge >= 0.3 is 12.1 Å². The zero-order valence-corrected chi connectivity index (χ0v) is 15.7. The zero-order chi connectivity index (χ0) is 19.4.